The third kappa shape index (κ3) is 5.29. The minimum Gasteiger partial charge on any atom is -0.497 e. The fourth-order valence-electron chi connectivity index (χ4n) is 4.15. The van der Waals surface area contributed by atoms with Crippen molar-refractivity contribution < 1.29 is 13.9 Å². The molecule has 0 radical (unpaired) electrons. The summed E-state index contributed by atoms with van der Waals surface area (Å²) < 4.78 is 18.3. The zero-order chi connectivity index (χ0) is 21.6. The zero-order valence-corrected chi connectivity index (χ0v) is 17.8. The Hall–Kier alpha value is -3.21. The number of amides is 1. The predicted molar refractivity (Wildman–Crippen MR) is 118 cm³/mol. The molecule has 0 spiro atoms. The van der Waals surface area contributed by atoms with Gasteiger partial charge in [0.1, 0.15) is 11.6 Å². The number of piperidine rings is 1. The summed E-state index contributed by atoms with van der Waals surface area (Å²) in [6, 6.07) is 18.3. The van der Waals surface area contributed by atoms with Crippen LogP contribution >= 0.6 is 0 Å². The largest absolute Gasteiger partial charge is 0.497 e. The number of ether oxygens (including phenoxy) is 1. The highest BCUT2D eigenvalue weighted by Crippen LogP contribution is 2.31. The quantitative estimate of drug-likeness (QED) is 0.558. The number of pyridine rings is 1. The minimum absolute atomic E-state index is 0.0619. The van der Waals surface area contributed by atoms with Crippen LogP contribution < -0.4 is 4.74 Å². The molecule has 4 rings (SSSR count). The van der Waals surface area contributed by atoms with Crippen LogP contribution in [0.3, 0.4) is 0 Å². The monoisotopic (exact) mass is 418 g/mol. The van der Waals surface area contributed by atoms with Crippen molar-refractivity contribution in [1.29, 1.82) is 0 Å². The number of likely N-dealkylation sites (tertiary alicyclic amines) is 1. The molecule has 1 aromatic heterocycles. The molecule has 3 aromatic rings. The van der Waals surface area contributed by atoms with Crippen molar-refractivity contribution in [3.63, 3.8) is 0 Å². The highest BCUT2D eigenvalue weighted by Gasteiger charge is 2.28. The van der Waals surface area contributed by atoms with Gasteiger partial charge in [0.25, 0.3) is 0 Å². The summed E-state index contributed by atoms with van der Waals surface area (Å²) in [7, 11) is 1.64. The first-order chi connectivity index (χ1) is 15.1. The van der Waals surface area contributed by atoms with Gasteiger partial charge in [-0.1, -0.05) is 30.3 Å². The highest BCUT2D eigenvalue weighted by atomic mass is 19.1. The Bertz CT molecular complexity index is 1000. The van der Waals surface area contributed by atoms with Crippen molar-refractivity contribution in [2.24, 2.45) is 0 Å². The number of halogens is 1. The van der Waals surface area contributed by atoms with E-state index in [0.29, 0.717) is 12.8 Å². The van der Waals surface area contributed by atoms with Gasteiger partial charge in [0.2, 0.25) is 5.91 Å². The van der Waals surface area contributed by atoms with Crippen molar-refractivity contribution in [2.45, 2.75) is 38.1 Å². The number of hydrogen-bond donors (Lipinski definition) is 0. The third-order valence-electron chi connectivity index (χ3n) is 5.87. The molecule has 1 aliphatic heterocycles. The molecule has 2 aromatic carbocycles. The van der Waals surface area contributed by atoms with E-state index < -0.39 is 0 Å². The van der Waals surface area contributed by atoms with Crippen LogP contribution in [0.2, 0.25) is 0 Å². The van der Waals surface area contributed by atoms with Gasteiger partial charge in [-0.05, 0) is 66.3 Å². The minimum atomic E-state index is -0.233. The molecule has 160 valence electrons. The zero-order valence-electron chi connectivity index (χ0n) is 17.8. The van der Waals surface area contributed by atoms with Gasteiger partial charge >= 0.3 is 0 Å². The Morgan fingerprint density at radius 3 is 2.45 bits per heavy atom. The highest BCUT2D eigenvalue weighted by molar-refractivity contribution is 5.79. The third-order valence-corrected chi connectivity index (χ3v) is 5.87. The standard InChI is InChI=1S/C26H27FN2O2/c1-31-24-13-7-20(8-14-24)17-26(30)29-15-3-2-4-25(29)21-9-12-23(28-18-21)16-19-5-10-22(27)11-6-19/h5-14,18,25H,2-4,15-17H2,1H3/t25-/m0/s1. The van der Waals surface area contributed by atoms with E-state index >= 15 is 0 Å². The van der Waals surface area contributed by atoms with E-state index in [-0.39, 0.29) is 17.8 Å². The Balaban J connectivity index is 1.44. The lowest BCUT2D eigenvalue weighted by Gasteiger charge is -2.36. The van der Waals surface area contributed by atoms with E-state index in [2.05, 4.69) is 11.1 Å². The lowest BCUT2D eigenvalue weighted by atomic mass is 9.95. The van der Waals surface area contributed by atoms with Crippen LogP contribution in [0.15, 0.2) is 66.9 Å². The topological polar surface area (TPSA) is 42.4 Å². The average Bonchev–Trinajstić information content (AvgIpc) is 2.81. The van der Waals surface area contributed by atoms with E-state index in [9.17, 15) is 9.18 Å². The molecule has 5 heteroatoms. The summed E-state index contributed by atoms with van der Waals surface area (Å²) in [5, 5.41) is 0. The molecule has 0 N–H and O–H groups in total. The lowest BCUT2D eigenvalue weighted by Crippen LogP contribution is -2.39. The van der Waals surface area contributed by atoms with Gasteiger partial charge in [0.15, 0.2) is 0 Å². The summed E-state index contributed by atoms with van der Waals surface area (Å²) in [5.74, 6) is 0.702. The molecule has 1 saturated heterocycles. The van der Waals surface area contributed by atoms with E-state index in [1.807, 2.05) is 41.4 Å². The van der Waals surface area contributed by atoms with Gasteiger partial charge in [0, 0.05) is 24.9 Å². The van der Waals surface area contributed by atoms with Crippen molar-refractivity contribution in [3.8, 4) is 5.75 Å². The maximum absolute atomic E-state index is 13.1. The molecule has 0 aliphatic carbocycles. The normalized spacial score (nSPS) is 16.2. The number of hydrogen-bond acceptors (Lipinski definition) is 3. The number of nitrogens with zero attached hydrogens (tertiary/aromatic N) is 2. The Labute approximate surface area is 182 Å². The first-order valence-electron chi connectivity index (χ1n) is 10.7. The van der Waals surface area contributed by atoms with Gasteiger partial charge in [-0.25, -0.2) is 4.39 Å². The number of methoxy groups -OCH3 is 1. The molecule has 0 bridgehead atoms. The Morgan fingerprint density at radius 2 is 1.77 bits per heavy atom. The van der Waals surface area contributed by atoms with E-state index in [1.165, 1.54) is 12.1 Å². The van der Waals surface area contributed by atoms with Gasteiger partial charge in [0.05, 0.1) is 19.6 Å². The smallest absolute Gasteiger partial charge is 0.227 e. The van der Waals surface area contributed by atoms with Crippen LogP contribution in [0.25, 0.3) is 0 Å². The molecular formula is C26H27FN2O2. The number of carbonyl (C=O) groups excluding carboxylic acids is 1. The van der Waals surface area contributed by atoms with Crippen LogP contribution in [0, 0.1) is 5.82 Å². The summed E-state index contributed by atoms with van der Waals surface area (Å²) in [6.07, 6.45) is 6.02. The average molecular weight is 419 g/mol. The van der Waals surface area contributed by atoms with Crippen LogP contribution in [-0.2, 0) is 17.6 Å². The number of rotatable bonds is 6. The maximum atomic E-state index is 13.1. The van der Waals surface area contributed by atoms with Crippen LogP contribution in [0.5, 0.6) is 5.75 Å². The van der Waals surface area contributed by atoms with Gasteiger partial charge < -0.3 is 9.64 Å². The molecule has 0 unspecified atom stereocenters. The molecule has 1 amide bonds. The number of benzene rings is 2. The van der Waals surface area contributed by atoms with Crippen molar-refractivity contribution in [3.05, 3.63) is 95.1 Å². The molecular weight excluding hydrogens is 391 g/mol. The van der Waals surface area contributed by atoms with Gasteiger partial charge in [-0.2, -0.15) is 0 Å². The predicted octanol–water partition coefficient (Wildman–Crippen LogP) is 5.12. The summed E-state index contributed by atoms with van der Waals surface area (Å²) in [5.41, 5.74) is 4.02. The second-order valence-electron chi connectivity index (χ2n) is 8.01. The molecule has 1 fully saturated rings. The Morgan fingerprint density at radius 1 is 1.03 bits per heavy atom. The summed E-state index contributed by atoms with van der Waals surface area (Å²) in [4.78, 5) is 19.7. The fourth-order valence-corrected chi connectivity index (χ4v) is 4.15. The van der Waals surface area contributed by atoms with E-state index in [1.54, 1.807) is 19.2 Å². The second-order valence-corrected chi connectivity index (χ2v) is 8.01. The molecule has 1 aliphatic rings. The number of aromatic nitrogens is 1. The molecule has 0 saturated carbocycles. The first kappa shape index (κ1) is 21.0. The van der Waals surface area contributed by atoms with Crippen LogP contribution in [0.1, 0.15) is 47.7 Å². The van der Waals surface area contributed by atoms with Gasteiger partial charge in [-0.15, -0.1) is 0 Å². The SMILES string of the molecule is COc1ccc(CC(=O)N2CCCC[C@H]2c2ccc(Cc3ccc(F)cc3)nc2)cc1. The molecule has 2 heterocycles. The van der Waals surface area contributed by atoms with Crippen molar-refractivity contribution in [1.82, 2.24) is 9.88 Å². The number of carbonyl (C=O) groups is 1. The van der Waals surface area contributed by atoms with Crippen molar-refractivity contribution in [2.75, 3.05) is 13.7 Å². The molecule has 31 heavy (non-hydrogen) atoms. The first-order valence-corrected chi connectivity index (χ1v) is 10.7. The summed E-state index contributed by atoms with van der Waals surface area (Å²) >= 11 is 0. The summed E-state index contributed by atoms with van der Waals surface area (Å²) in [6.45, 7) is 0.775. The van der Waals surface area contributed by atoms with Crippen LogP contribution in [0.4, 0.5) is 4.39 Å². The molecule has 4 nitrogen and oxygen atoms in total. The van der Waals surface area contributed by atoms with E-state index in [0.717, 1.165) is 53.9 Å². The van der Waals surface area contributed by atoms with E-state index in [4.69, 9.17) is 4.74 Å². The Kier molecular flexibility index (Phi) is 6.60. The van der Waals surface area contributed by atoms with Crippen LogP contribution in [-0.4, -0.2) is 29.4 Å². The second kappa shape index (κ2) is 9.73. The molecule has 1 atom stereocenters. The van der Waals surface area contributed by atoms with Gasteiger partial charge in [-0.3, -0.25) is 9.78 Å². The van der Waals surface area contributed by atoms with Crippen molar-refractivity contribution >= 4 is 5.91 Å². The fraction of sp³-hybridized carbons (Fsp3) is 0.308. The lowest BCUT2D eigenvalue weighted by molar-refractivity contribution is -0.134. The maximum Gasteiger partial charge on any atom is 0.227 e.